The summed E-state index contributed by atoms with van der Waals surface area (Å²) in [6.07, 6.45) is 0. The van der Waals surface area contributed by atoms with E-state index in [1.165, 1.54) is 89.0 Å². The summed E-state index contributed by atoms with van der Waals surface area (Å²) >= 11 is 0. The molecule has 4 aliphatic carbocycles. The van der Waals surface area contributed by atoms with Crippen LogP contribution < -0.4 is 4.90 Å². The lowest BCUT2D eigenvalue weighted by Crippen LogP contribution is -2.25. The number of hydrogen-bond acceptors (Lipinski definition) is 3. The van der Waals surface area contributed by atoms with Crippen LogP contribution in [0.15, 0.2) is 233 Å². The molecule has 1 spiro atoms. The van der Waals surface area contributed by atoms with E-state index in [-0.39, 0.29) is 10.8 Å². The topological polar surface area (TPSA) is 29.5 Å². The van der Waals surface area contributed by atoms with Crippen LogP contribution in [-0.2, 0) is 16.2 Å². The molecule has 0 fully saturated rings. The van der Waals surface area contributed by atoms with Gasteiger partial charge in [-0.1, -0.05) is 198 Å². The molecule has 0 aliphatic heterocycles. The van der Waals surface area contributed by atoms with E-state index in [0.29, 0.717) is 0 Å². The lowest BCUT2D eigenvalue weighted by Gasteiger charge is -2.30. The van der Waals surface area contributed by atoms with E-state index in [0.717, 1.165) is 72.1 Å². The van der Waals surface area contributed by atoms with E-state index in [1.807, 2.05) is 0 Å². The van der Waals surface area contributed by atoms with Gasteiger partial charge in [0.1, 0.15) is 22.3 Å². The predicted molar refractivity (Wildman–Crippen MR) is 313 cm³/mol. The standard InChI is InChI=1S/C73H49NO2/c1-71(2)56-25-11-5-18-45(56)49-35-32-43(39-62(49)71)74(44-33-36-50-46-19-6-12-26-57(46)72(3,4)63(50)40-44)42-34-37-65-54(38-42)55-41-66-68(52-23-10-16-31-64(52)75-66)69(70(55)76-65)53-24-17-30-61-67(53)51-22-9-15-29-60(51)73(61)58-27-13-7-20-47(58)48-21-8-14-28-59(48)73/h5-41H,1-4H3. The van der Waals surface area contributed by atoms with Gasteiger partial charge in [0.25, 0.3) is 0 Å². The largest absolute Gasteiger partial charge is 0.456 e. The highest BCUT2D eigenvalue weighted by molar-refractivity contribution is 6.25. The Hall–Kier alpha value is -9.18. The number of benzene rings is 11. The number of furan rings is 2. The van der Waals surface area contributed by atoms with Crippen LogP contribution in [0.5, 0.6) is 0 Å². The van der Waals surface area contributed by atoms with Crippen molar-refractivity contribution in [3.8, 4) is 55.6 Å². The summed E-state index contributed by atoms with van der Waals surface area (Å²) in [5.74, 6) is 0. The Labute approximate surface area is 440 Å². The number of anilines is 3. The molecule has 3 heteroatoms. The van der Waals surface area contributed by atoms with Gasteiger partial charge in [0, 0.05) is 55.0 Å². The van der Waals surface area contributed by atoms with Crippen molar-refractivity contribution in [1.82, 2.24) is 0 Å². The maximum atomic E-state index is 7.37. The first kappa shape index (κ1) is 42.2. The minimum Gasteiger partial charge on any atom is -0.456 e. The van der Waals surface area contributed by atoms with Gasteiger partial charge in [-0.2, -0.15) is 0 Å². The van der Waals surface area contributed by atoms with Crippen molar-refractivity contribution in [2.24, 2.45) is 0 Å². The third-order valence-electron chi connectivity index (χ3n) is 18.3. The maximum Gasteiger partial charge on any atom is 0.144 e. The van der Waals surface area contributed by atoms with Crippen molar-refractivity contribution in [2.75, 3.05) is 4.90 Å². The predicted octanol–water partition coefficient (Wildman–Crippen LogP) is 19.6. The van der Waals surface area contributed by atoms with E-state index >= 15 is 0 Å². The van der Waals surface area contributed by atoms with Crippen LogP contribution in [0.4, 0.5) is 17.1 Å². The molecule has 0 saturated carbocycles. The van der Waals surface area contributed by atoms with Crippen LogP contribution in [0.2, 0.25) is 0 Å². The van der Waals surface area contributed by atoms with Gasteiger partial charge in [-0.15, -0.1) is 0 Å². The number of fused-ring (bicyclic) bond motifs is 22. The monoisotopic (exact) mass is 971 g/mol. The fourth-order valence-electron chi connectivity index (χ4n) is 15.0. The molecule has 0 radical (unpaired) electrons. The molecule has 11 aromatic carbocycles. The van der Waals surface area contributed by atoms with Crippen LogP contribution >= 0.6 is 0 Å². The minimum absolute atomic E-state index is 0.170. The van der Waals surface area contributed by atoms with Gasteiger partial charge in [-0.05, 0) is 149 Å². The second kappa shape index (κ2) is 14.6. The van der Waals surface area contributed by atoms with Crippen LogP contribution in [-0.4, -0.2) is 0 Å². The Morgan fingerprint density at radius 1 is 0.289 bits per heavy atom. The molecule has 2 aromatic heterocycles. The average molecular weight is 972 g/mol. The highest BCUT2D eigenvalue weighted by Crippen LogP contribution is 2.65. The van der Waals surface area contributed by atoms with Crippen LogP contribution in [0.25, 0.3) is 99.5 Å². The SMILES string of the molecule is CC1(C)c2ccccc2-c2ccc(N(c3ccc4c(c3)C(C)(C)c3ccccc3-4)c3ccc4oc5c(-c6cccc7c6-c6ccccc6C76c7ccccc7-c7ccccc76)c6c(cc5c4c3)oc3ccccc36)cc21. The van der Waals surface area contributed by atoms with Crippen molar-refractivity contribution < 1.29 is 8.83 Å². The second-order valence-corrected chi connectivity index (χ2v) is 22.6. The molecule has 0 amide bonds. The summed E-state index contributed by atoms with van der Waals surface area (Å²) < 4.78 is 14.3. The molecular weight excluding hydrogens is 923 g/mol. The molecule has 0 saturated heterocycles. The van der Waals surface area contributed by atoms with Gasteiger partial charge in [0.2, 0.25) is 0 Å². The van der Waals surface area contributed by atoms with Gasteiger partial charge in [-0.25, -0.2) is 0 Å². The molecule has 2 heterocycles. The smallest absolute Gasteiger partial charge is 0.144 e. The van der Waals surface area contributed by atoms with Crippen molar-refractivity contribution in [3.05, 3.63) is 269 Å². The zero-order valence-electron chi connectivity index (χ0n) is 42.6. The van der Waals surface area contributed by atoms with Crippen molar-refractivity contribution >= 4 is 60.9 Å². The fraction of sp³-hybridized carbons (Fsp3) is 0.0959. The van der Waals surface area contributed by atoms with Gasteiger partial charge >= 0.3 is 0 Å². The van der Waals surface area contributed by atoms with E-state index in [2.05, 4.69) is 257 Å². The van der Waals surface area contributed by atoms with Crippen LogP contribution in [0.3, 0.4) is 0 Å². The molecule has 0 bridgehead atoms. The third kappa shape index (κ3) is 5.18. The highest BCUT2D eigenvalue weighted by Gasteiger charge is 2.52. The van der Waals surface area contributed by atoms with Gasteiger partial charge in [0.15, 0.2) is 0 Å². The number of rotatable bonds is 4. The molecule has 0 unspecified atom stereocenters. The quantitative estimate of drug-likeness (QED) is 0.176. The van der Waals surface area contributed by atoms with Crippen molar-refractivity contribution in [1.29, 1.82) is 0 Å². The number of nitrogens with zero attached hydrogens (tertiary/aromatic N) is 1. The maximum absolute atomic E-state index is 7.37. The third-order valence-corrected chi connectivity index (χ3v) is 18.3. The van der Waals surface area contributed by atoms with Gasteiger partial charge in [0.05, 0.1) is 5.41 Å². The van der Waals surface area contributed by atoms with E-state index in [9.17, 15) is 0 Å². The Morgan fingerprint density at radius 2 is 0.737 bits per heavy atom. The van der Waals surface area contributed by atoms with Crippen LogP contribution in [0, 0.1) is 0 Å². The molecule has 358 valence electrons. The zero-order valence-corrected chi connectivity index (χ0v) is 42.6. The summed E-state index contributed by atoms with van der Waals surface area (Å²) in [4.78, 5) is 2.47. The van der Waals surface area contributed by atoms with Gasteiger partial charge < -0.3 is 13.7 Å². The Balaban J connectivity index is 0.925. The summed E-state index contributed by atoms with van der Waals surface area (Å²) in [5, 5.41) is 4.18. The highest BCUT2D eigenvalue weighted by atomic mass is 16.3. The molecular formula is C73H49NO2. The molecule has 4 aliphatic rings. The first-order valence-corrected chi connectivity index (χ1v) is 26.7. The molecule has 13 aromatic rings. The molecule has 0 atom stereocenters. The summed E-state index contributed by atoms with van der Waals surface area (Å²) in [5.41, 5.74) is 29.0. The normalized spacial score (nSPS) is 15.2. The summed E-state index contributed by atoms with van der Waals surface area (Å²) in [7, 11) is 0. The summed E-state index contributed by atoms with van der Waals surface area (Å²) in [6, 6.07) is 83.7. The molecule has 3 nitrogen and oxygen atoms in total. The fourth-order valence-corrected chi connectivity index (χ4v) is 15.0. The summed E-state index contributed by atoms with van der Waals surface area (Å²) in [6.45, 7) is 9.47. The Morgan fingerprint density at radius 3 is 1.36 bits per heavy atom. The van der Waals surface area contributed by atoms with E-state index < -0.39 is 5.41 Å². The first-order chi connectivity index (χ1) is 37.2. The van der Waals surface area contributed by atoms with E-state index in [4.69, 9.17) is 8.83 Å². The molecule has 76 heavy (non-hydrogen) atoms. The molecule has 0 N–H and O–H groups in total. The number of para-hydroxylation sites is 1. The lowest BCUT2D eigenvalue weighted by atomic mass is 9.70. The number of hydrogen-bond donors (Lipinski definition) is 0. The first-order valence-electron chi connectivity index (χ1n) is 26.7. The lowest BCUT2D eigenvalue weighted by molar-refractivity contribution is 0.660. The Kier molecular flexibility index (Phi) is 8.09. The minimum atomic E-state index is -0.488. The second-order valence-electron chi connectivity index (χ2n) is 22.6. The van der Waals surface area contributed by atoms with Crippen LogP contribution in [0.1, 0.15) is 72.2 Å². The zero-order chi connectivity index (χ0) is 50.4. The average Bonchev–Trinajstić information content (AvgIpc) is 4.38. The van der Waals surface area contributed by atoms with E-state index in [1.54, 1.807) is 0 Å². The molecule has 17 rings (SSSR count). The Bertz CT molecular complexity index is 4580. The van der Waals surface area contributed by atoms with Crippen molar-refractivity contribution in [2.45, 2.75) is 43.9 Å². The van der Waals surface area contributed by atoms with Crippen molar-refractivity contribution in [3.63, 3.8) is 0 Å². The van der Waals surface area contributed by atoms with Gasteiger partial charge in [-0.3, -0.25) is 0 Å².